The van der Waals surface area contributed by atoms with Crippen molar-refractivity contribution in [2.45, 2.75) is 18.4 Å². The first kappa shape index (κ1) is 23.6. The summed E-state index contributed by atoms with van der Waals surface area (Å²) in [5.41, 5.74) is 19.7. The molecule has 0 radical (unpaired) electrons. The molecule has 7 heteroatoms. The first-order valence-electron chi connectivity index (χ1n) is 12.5. The van der Waals surface area contributed by atoms with Crippen LogP contribution in [0.2, 0.25) is 0 Å². The van der Waals surface area contributed by atoms with Crippen LogP contribution in [0.25, 0.3) is 11.1 Å². The summed E-state index contributed by atoms with van der Waals surface area (Å²) >= 11 is 0. The average molecular weight is 505 g/mol. The Morgan fingerprint density at radius 1 is 0.947 bits per heavy atom. The van der Waals surface area contributed by atoms with Crippen molar-refractivity contribution in [1.82, 2.24) is 0 Å². The number of phenolic OH excluding ortho intramolecular Hbond substituents is 1. The number of aromatic hydroxyl groups is 1. The van der Waals surface area contributed by atoms with E-state index in [1.807, 2.05) is 30.3 Å². The van der Waals surface area contributed by atoms with Crippen LogP contribution in [0.3, 0.4) is 0 Å². The lowest BCUT2D eigenvalue weighted by atomic mass is 9.74. The number of carbonyl (C=O) groups is 1. The van der Waals surface area contributed by atoms with E-state index in [0.717, 1.165) is 34.4 Å². The largest absolute Gasteiger partial charge is 0.504 e. The lowest BCUT2D eigenvalue weighted by Crippen LogP contribution is -2.31. The molecule has 3 atom stereocenters. The second kappa shape index (κ2) is 8.95. The number of hydrogen-bond donors (Lipinski definition) is 5. The number of benzene rings is 4. The maximum Gasteiger partial charge on any atom is 0.248 e. The van der Waals surface area contributed by atoms with Gasteiger partial charge >= 0.3 is 0 Å². The molecule has 0 spiro atoms. The third-order valence-electron chi connectivity index (χ3n) is 7.85. The predicted molar refractivity (Wildman–Crippen MR) is 148 cm³/mol. The second-order valence-electron chi connectivity index (χ2n) is 9.94. The summed E-state index contributed by atoms with van der Waals surface area (Å²) in [6.45, 7) is 0. The first-order chi connectivity index (χ1) is 18.4. The Balaban J connectivity index is 1.57. The molecular weight excluding hydrogens is 476 g/mol. The molecule has 3 unspecified atom stereocenters. The molecule has 4 aromatic rings. The molecule has 0 fully saturated rings. The van der Waals surface area contributed by atoms with Crippen LogP contribution >= 0.6 is 0 Å². The van der Waals surface area contributed by atoms with E-state index in [2.05, 4.69) is 29.6 Å². The zero-order valence-corrected chi connectivity index (χ0v) is 20.9. The Morgan fingerprint density at radius 2 is 1.76 bits per heavy atom. The van der Waals surface area contributed by atoms with Gasteiger partial charge in [-0.05, 0) is 88.2 Å². The molecular formula is C31H28N4O3. The van der Waals surface area contributed by atoms with Crippen LogP contribution in [0.15, 0.2) is 78.9 Å². The van der Waals surface area contributed by atoms with Crippen molar-refractivity contribution in [2.24, 2.45) is 17.4 Å². The Kier molecular flexibility index (Phi) is 5.56. The highest BCUT2D eigenvalue weighted by Gasteiger charge is 2.44. The van der Waals surface area contributed by atoms with E-state index in [1.165, 1.54) is 18.2 Å². The summed E-state index contributed by atoms with van der Waals surface area (Å²) in [6.07, 6.45) is 0.853. The highest BCUT2D eigenvalue weighted by Crippen LogP contribution is 2.55. The van der Waals surface area contributed by atoms with Gasteiger partial charge in [0.2, 0.25) is 5.91 Å². The number of primary amides is 1. The fourth-order valence-electron chi connectivity index (χ4n) is 6.13. The predicted octanol–water partition coefficient (Wildman–Crippen LogP) is 4.92. The highest BCUT2D eigenvalue weighted by molar-refractivity contribution is 5.96. The summed E-state index contributed by atoms with van der Waals surface area (Å²) in [4.78, 5) is 11.9. The minimum Gasteiger partial charge on any atom is -0.504 e. The van der Waals surface area contributed by atoms with Gasteiger partial charge in [0.15, 0.2) is 11.5 Å². The normalized spacial score (nSPS) is 19.0. The summed E-state index contributed by atoms with van der Waals surface area (Å²) in [5.74, 6) is 0.164. The number of anilines is 1. The minimum absolute atomic E-state index is 0.0179. The Hall–Kier alpha value is -4.78. The van der Waals surface area contributed by atoms with Gasteiger partial charge in [-0.1, -0.05) is 36.4 Å². The van der Waals surface area contributed by atoms with Crippen molar-refractivity contribution < 1.29 is 14.6 Å². The van der Waals surface area contributed by atoms with Gasteiger partial charge in [0.05, 0.1) is 13.2 Å². The van der Waals surface area contributed by atoms with Gasteiger partial charge in [0.1, 0.15) is 5.84 Å². The van der Waals surface area contributed by atoms with E-state index >= 15 is 0 Å². The molecule has 2 aliphatic rings. The summed E-state index contributed by atoms with van der Waals surface area (Å²) in [6, 6.07) is 24.9. The number of amidine groups is 1. The molecule has 0 saturated carbocycles. The monoisotopic (exact) mass is 504 g/mol. The van der Waals surface area contributed by atoms with Crippen LogP contribution in [0.4, 0.5) is 5.69 Å². The van der Waals surface area contributed by atoms with Gasteiger partial charge in [-0.2, -0.15) is 0 Å². The maximum absolute atomic E-state index is 11.9. The van der Waals surface area contributed by atoms with Crippen molar-refractivity contribution >= 4 is 17.4 Å². The van der Waals surface area contributed by atoms with Gasteiger partial charge in [-0.15, -0.1) is 0 Å². The number of nitrogens with two attached hydrogens (primary N) is 2. The van der Waals surface area contributed by atoms with E-state index in [4.69, 9.17) is 21.6 Å². The van der Waals surface area contributed by atoms with E-state index < -0.39 is 5.91 Å². The first-order valence-corrected chi connectivity index (χ1v) is 12.5. The van der Waals surface area contributed by atoms with Crippen LogP contribution in [-0.2, 0) is 6.42 Å². The van der Waals surface area contributed by atoms with Gasteiger partial charge in [0, 0.05) is 22.7 Å². The molecule has 1 aliphatic carbocycles. The SMILES string of the molecule is COc1cc(C2Nc3ccc(C(=N)N)cc3C3c4ccccc4CC23)c(-c2cccc(C(N)=O)c2)cc1O. The van der Waals surface area contributed by atoms with Crippen molar-refractivity contribution in [3.05, 3.63) is 112 Å². The molecule has 4 aromatic carbocycles. The molecule has 190 valence electrons. The number of fused-ring (bicyclic) bond motifs is 5. The van der Waals surface area contributed by atoms with Crippen LogP contribution in [0, 0.1) is 11.3 Å². The molecule has 0 saturated heterocycles. The number of hydrogen-bond acceptors (Lipinski definition) is 5. The van der Waals surface area contributed by atoms with Gasteiger partial charge in [-0.3, -0.25) is 10.2 Å². The topological polar surface area (TPSA) is 134 Å². The van der Waals surface area contributed by atoms with E-state index in [0.29, 0.717) is 16.9 Å². The highest BCUT2D eigenvalue weighted by atomic mass is 16.5. The number of nitrogen functional groups attached to an aromatic ring is 1. The van der Waals surface area contributed by atoms with Crippen molar-refractivity contribution in [3.8, 4) is 22.6 Å². The van der Waals surface area contributed by atoms with Gasteiger partial charge in [-0.25, -0.2) is 0 Å². The standard InChI is InChI=1S/C31H28N4O3/c1-38-27-15-22(21(14-26(27)36)16-6-4-7-19(11-16)31(34)37)29-24-12-17-5-2-3-8-20(17)28(24)23-13-18(30(32)33)9-10-25(23)35-29/h2-11,13-15,24,28-29,35-36H,12H2,1H3,(H3,32,33)(H2,34,37). The quantitative estimate of drug-likeness (QED) is 0.194. The van der Waals surface area contributed by atoms with E-state index in [9.17, 15) is 9.90 Å². The molecule has 1 aliphatic heterocycles. The van der Waals surface area contributed by atoms with Crippen molar-refractivity contribution in [1.29, 1.82) is 5.41 Å². The summed E-state index contributed by atoms with van der Waals surface area (Å²) in [5, 5.41) is 22.5. The van der Waals surface area contributed by atoms with Crippen molar-refractivity contribution in [3.63, 3.8) is 0 Å². The Labute approximate surface area is 220 Å². The molecule has 38 heavy (non-hydrogen) atoms. The van der Waals surface area contributed by atoms with Crippen LogP contribution < -0.4 is 21.5 Å². The lowest BCUT2D eigenvalue weighted by molar-refractivity contribution is 0.100. The number of ether oxygens (including phenoxy) is 1. The Bertz CT molecular complexity index is 1610. The molecule has 0 bridgehead atoms. The average Bonchev–Trinajstić information content (AvgIpc) is 3.32. The molecule has 7 N–H and O–H groups in total. The van der Waals surface area contributed by atoms with E-state index in [1.54, 1.807) is 24.3 Å². The van der Waals surface area contributed by atoms with Crippen LogP contribution in [0.1, 0.15) is 50.1 Å². The third kappa shape index (κ3) is 3.75. The number of carbonyl (C=O) groups excluding carboxylic acids is 1. The number of methoxy groups -OCH3 is 1. The van der Waals surface area contributed by atoms with Crippen LogP contribution in [-0.4, -0.2) is 24.0 Å². The number of phenols is 1. The number of nitrogens with one attached hydrogen (secondary N) is 2. The van der Waals surface area contributed by atoms with Gasteiger partial charge < -0.3 is 26.6 Å². The zero-order chi connectivity index (χ0) is 26.6. The maximum atomic E-state index is 11.9. The second-order valence-corrected chi connectivity index (χ2v) is 9.94. The molecule has 1 amide bonds. The minimum atomic E-state index is -0.511. The molecule has 1 heterocycles. The summed E-state index contributed by atoms with van der Waals surface area (Å²) in [7, 11) is 1.54. The fraction of sp³-hybridized carbons (Fsp3) is 0.161. The third-order valence-corrected chi connectivity index (χ3v) is 7.85. The number of rotatable bonds is 5. The molecule has 7 nitrogen and oxygen atoms in total. The number of amides is 1. The van der Waals surface area contributed by atoms with Crippen molar-refractivity contribution in [2.75, 3.05) is 12.4 Å². The molecule has 6 rings (SSSR count). The van der Waals surface area contributed by atoms with Gasteiger partial charge in [0.25, 0.3) is 0 Å². The van der Waals surface area contributed by atoms with Crippen LogP contribution in [0.5, 0.6) is 11.5 Å². The summed E-state index contributed by atoms with van der Waals surface area (Å²) < 4.78 is 5.52. The van der Waals surface area contributed by atoms with E-state index in [-0.39, 0.29) is 29.5 Å². The zero-order valence-electron chi connectivity index (χ0n) is 20.9. The lowest BCUT2D eigenvalue weighted by Gasteiger charge is -2.39. The Morgan fingerprint density at radius 3 is 2.53 bits per heavy atom. The fourth-order valence-corrected chi connectivity index (χ4v) is 6.13. The molecule has 0 aromatic heterocycles. The smallest absolute Gasteiger partial charge is 0.248 e.